The van der Waals surface area contributed by atoms with Crippen molar-refractivity contribution in [3.05, 3.63) is 66.1 Å². The summed E-state index contributed by atoms with van der Waals surface area (Å²) in [7, 11) is 1.60. The zero-order chi connectivity index (χ0) is 21.1. The summed E-state index contributed by atoms with van der Waals surface area (Å²) in [5.74, 6) is 0.0794. The number of aromatic nitrogens is 1. The van der Waals surface area contributed by atoms with E-state index in [0.29, 0.717) is 17.1 Å². The van der Waals surface area contributed by atoms with Crippen LogP contribution in [-0.2, 0) is 16.1 Å². The lowest BCUT2D eigenvalue weighted by Crippen LogP contribution is -2.32. The molecule has 7 nitrogen and oxygen atoms in total. The van der Waals surface area contributed by atoms with E-state index >= 15 is 0 Å². The third kappa shape index (κ3) is 4.17. The molecular formula is C22H20FN3O4. The van der Waals surface area contributed by atoms with Crippen LogP contribution in [0.1, 0.15) is 12.1 Å². The van der Waals surface area contributed by atoms with E-state index in [-0.39, 0.29) is 37.1 Å². The molecule has 0 spiro atoms. The summed E-state index contributed by atoms with van der Waals surface area (Å²) in [6.07, 6.45) is 0.110. The Kier molecular flexibility index (Phi) is 5.47. The second-order valence-electron chi connectivity index (χ2n) is 7.01. The summed E-state index contributed by atoms with van der Waals surface area (Å²) < 4.78 is 23.6. The number of anilines is 1. The molecule has 1 aliphatic heterocycles. The average Bonchev–Trinajstić information content (AvgIpc) is 3.40. The van der Waals surface area contributed by atoms with Gasteiger partial charge in [0, 0.05) is 30.3 Å². The van der Waals surface area contributed by atoms with Crippen molar-refractivity contribution in [2.45, 2.75) is 13.0 Å². The molecule has 1 aromatic heterocycles. The molecule has 8 heteroatoms. The maximum atomic E-state index is 13.1. The van der Waals surface area contributed by atoms with Crippen LogP contribution in [0.25, 0.3) is 11.3 Å². The molecule has 2 heterocycles. The van der Waals surface area contributed by atoms with Gasteiger partial charge >= 0.3 is 0 Å². The fraction of sp³-hybridized carbons (Fsp3) is 0.227. The molecule has 4 rings (SSSR count). The summed E-state index contributed by atoms with van der Waals surface area (Å²) in [6, 6.07) is 14.8. The van der Waals surface area contributed by atoms with E-state index in [1.165, 1.54) is 29.2 Å². The van der Waals surface area contributed by atoms with Gasteiger partial charge in [-0.25, -0.2) is 4.39 Å². The van der Waals surface area contributed by atoms with Crippen molar-refractivity contribution in [2.75, 3.05) is 18.6 Å². The lowest BCUT2D eigenvalue weighted by atomic mass is 10.1. The zero-order valence-corrected chi connectivity index (χ0v) is 16.3. The van der Waals surface area contributed by atoms with Crippen LogP contribution in [0.3, 0.4) is 0 Å². The van der Waals surface area contributed by atoms with Crippen LogP contribution in [0.2, 0.25) is 0 Å². The predicted molar refractivity (Wildman–Crippen MR) is 107 cm³/mol. The number of benzene rings is 2. The van der Waals surface area contributed by atoms with Crippen LogP contribution in [0.5, 0.6) is 5.75 Å². The van der Waals surface area contributed by atoms with E-state index in [1.54, 1.807) is 13.2 Å². The van der Waals surface area contributed by atoms with E-state index in [4.69, 9.17) is 9.26 Å². The number of nitrogens with one attached hydrogen (secondary N) is 1. The van der Waals surface area contributed by atoms with Crippen LogP contribution >= 0.6 is 0 Å². The number of hydrogen-bond acceptors (Lipinski definition) is 5. The number of hydrogen-bond donors (Lipinski definition) is 1. The summed E-state index contributed by atoms with van der Waals surface area (Å²) >= 11 is 0. The second kappa shape index (κ2) is 8.36. The molecule has 0 radical (unpaired) electrons. The molecule has 0 saturated carbocycles. The van der Waals surface area contributed by atoms with Gasteiger partial charge in [-0.15, -0.1) is 0 Å². The standard InChI is InChI=1S/C22H20FN3O4/c1-29-19-8-2-14(3-9-19)20-11-17(25-30-20)12-24-22(28)15-10-21(27)26(13-15)18-6-4-16(23)5-7-18/h2-9,11,15H,10,12-13H2,1H3,(H,24,28). The summed E-state index contributed by atoms with van der Waals surface area (Å²) in [5.41, 5.74) is 2.00. The smallest absolute Gasteiger partial charge is 0.227 e. The Balaban J connectivity index is 1.34. The number of carbonyl (C=O) groups is 2. The SMILES string of the molecule is COc1ccc(-c2cc(CNC(=O)C3CC(=O)N(c4ccc(F)cc4)C3)no2)cc1. The highest BCUT2D eigenvalue weighted by atomic mass is 19.1. The Morgan fingerprint density at radius 3 is 2.67 bits per heavy atom. The van der Waals surface area contributed by atoms with E-state index in [1.807, 2.05) is 24.3 Å². The lowest BCUT2D eigenvalue weighted by molar-refractivity contribution is -0.126. The molecule has 1 unspecified atom stereocenters. The van der Waals surface area contributed by atoms with Gasteiger partial charge in [0.25, 0.3) is 0 Å². The third-order valence-corrected chi connectivity index (χ3v) is 5.01. The van der Waals surface area contributed by atoms with Gasteiger partial charge < -0.3 is 19.5 Å². The van der Waals surface area contributed by atoms with Crippen molar-refractivity contribution in [3.63, 3.8) is 0 Å². The van der Waals surface area contributed by atoms with Crippen molar-refractivity contribution in [1.29, 1.82) is 0 Å². The highest BCUT2D eigenvalue weighted by molar-refractivity contribution is 6.00. The highest BCUT2D eigenvalue weighted by Gasteiger charge is 2.35. The Labute approximate surface area is 172 Å². The monoisotopic (exact) mass is 409 g/mol. The van der Waals surface area contributed by atoms with E-state index in [0.717, 1.165) is 11.3 Å². The third-order valence-electron chi connectivity index (χ3n) is 5.01. The quantitative estimate of drug-likeness (QED) is 0.676. The highest BCUT2D eigenvalue weighted by Crippen LogP contribution is 2.26. The van der Waals surface area contributed by atoms with Crippen LogP contribution in [0.4, 0.5) is 10.1 Å². The molecule has 1 aliphatic rings. The largest absolute Gasteiger partial charge is 0.497 e. The number of nitrogens with zero attached hydrogens (tertiary/aromatic N) is 2. The van der Waals surface area contributed by atoms with Crippen LogP contribution in [0.15, 0.2) is 59.1 Å². The fourth-order valence-corrected chi connectivity index (χ4v) is 3.36. The molecule has 0 bridgehead atoms. The number of rotatable bonds is 6. The lowest BCUT2D eigenvalue weighted by Gasteiger charge is -2.16. The van der Waals surface area contributed by atoms with E-state index < -0.39 is 5.92 Å². The van der Waals surface area contributed by atoms with Gasteiger partial charge in [0.05, 0.1) is 19.6 Å². The van der Waals surface area contributed by atoms with Crippen molar-refractivity contribution in [3.8, 4) is 17.1 Å². The first-order valence-corrected chi connectivity index (χ1v) is 9.47. The second-order valence-corrected chi connectivity index (χ2v) is 7.01. The van der Waals surface area contributed by atoms with Gasteiger partial charge in [-0.2, -0.15) is 0 Å². The van der Waals surface area contributed by atoms with E-state index in [9.17, 15) is 14.0 Å². The number of amides is 2. The Bertz CT molecular complexity index is 1050. The van der Waals surface area contributed by atoms with Gasteiger partial charge in [-0.1, -0.05) is 5.16 Å². The first-order valence-electron chi connectivity index (χ1n) is 9.47. The minimum Gasteiger partial charge on any atom is -0.497 e. The van der Waals surface area contributed by atoms with Crippen molar-refractivity contribution < 1.29 is 23.2 Å². The summed E-state index contributed by atoms with van der Waals surface area (Å²) in [6.45, 7) is 0.450. The molecule has 1 atom stereocenters. The van der Waals surface area contributed by atoms with Crippen LogP contribution < -0.4 is 15.0 Å². The van der Waals surface area contributed by atoms with Crippen LogP contribution in [-0.4, -0.2) is 30.6 Å². The molecule has 2 aromatic carbocycles. The first-order chi connectivity index (χ1) is 14.5. The number of ether oxygens (including phenoxy) is 1. The number of halogens is 1. The summed E-state index contributed by atoms with van der Waals surface area (Å²) in [4.78, 5) is 26.3. The van der Waals surface area contributed by atoms with Crippen LogP contribution in [0, 0.1) is 11.7 Å². The minimum atomic E-state index is -0.476. The maximum absolute atomic E-state index is 13.1. The van der Waals surface area contributed by atoms with E-state index in [2.05, 4.69) is 10.5 Å². The molecule has 2 amide bonds. The molecule has 154 valence electrons. The molecule has 3 aromatic rings. The molecule has 0 aliphatic carbocycles. The van der Waals surface area contributed by atoms with Crippen molar-refractivity contribution >= 4 is 17.5 Å². The molecule has 1 saturated heterocycles. The Hall–Kier alpha value is -3.68. The van der Waals surface area contributed by atoms with Gasteiger partial charge in [-0.3, -0.25) is 9.59 Å². The Morgan fingerprint density at radius 1 is 1.23 bits per heavy atom. The molecule has 1 N–H and O–H groups in total. The molecule has 30 heavy (non-hydrogen) atoms. The van der Waals surface area contributed by atoms with Gasteiger partial charge in [0.15, 0.2) is 5.76 Å². The zero-order valence-electron chi connectivity index (χ0n) is 16.3. The normalized spacial score (nSPS) is 16.0. The van der Waals surface area contributed by atoms with Crippen molar-refractivity contribution in [2.24, 2.45) is 5.92 Å². The van der Waals surface area contributed by atoms with Gasteiger partial charge in [-0.05, 0) is 48.5 Å². The molecule has 1 fully saturated rings. The fourth-order valence-electron chi connectivity index (χ4n) is 3.36. The first kappa shape index (κ1) is 19.6. The predicted octanol–water partition coefficient (Wildman–Crippen LogP) is 3.16. The van der Waals surface area contributed by atoms with Gasteiger partial charge in [0.2, 0.25) is 11.8 Å². The van der Waals surface area contributed by atoms with Gasteiger partial charge in [0.1, 0.15) is 17.3 Å². The molecular weight excluding hydrogens is 389 g/mol. The minimum absolute atomic E-state index is 0.110. The summed E-state index contributed by atoms with van der Waals surface area (Å²) in [5, 5.41) is 6.79. The van der Waals surface area contributed by atoms with Crippen molar-refractivity contribution in [1.82, 2.24) is 10.5 Å². The average molecular weight is 409 g/mol. The number of methoxy groups -OCH3 is 1. The Morgan fingerprint density at radius 2 is 1.97 bits per heavy atom. The number of carbonyl (C=O) groups excluding carboxylic acids is 2. The maximum Gasteiger partial charge on any atom is 0.227 e. The topological polar surface area (TPSA) is 84.7 Å².